The van der Waals surface area contributed by atoms with Gasteiger partial charge in [-0.15, -0.1) is 11.3 Å². The summed E-state index contributed by atoms with van der Waals surface area (Å²) in [4.78, 5) is 27.6. The summed E-state index contributed by atoms with van der Waals surface area (Å²) in [6.45, 7) is 0.814. The number of nitrogens with zero attached hydrogens (tertiary/aromatic N) is 5. The van der Waals surface area contributed by atoms with E-state index in [1.807, 2.05) is 28.6 Å². The Balaban J connectivity index is 1.32. The average molecular weight is 383 g/mol. The van der Waals surface area contributed by atoms with Gasteiger partial charge in [0, 0.05) is 48.9 Å². The van der Waals surface area contributed by atoms with Gasteiger partial charge in [0.25, 0.3) is 0 Å². The fraction of sp³-hybridized carbons (Fsp3) is 0.421. The molecular weight excluding hydrogens is 362 g/mol. The van der Waals surface area contributed by atoms with E-state index in [1.165, 1.54) is 0 Å². The zero-order valence-electron chi connectivity index (χ0n) is 15.0. The van der Waals surface area contributed by atoms with Crippen LogP contribution in [0.25, 0.3) is 11.4 Å². The largest absolute Gasteiger partial charge is 0.339 e. The van der Waals surface area contributed by atoms with Gasteiger partial charge in [0.15, 0.2) is 0 Å². The first-order valence-corrected chi connectivity index (χ1v) is 10.1. The van der Waals surface area contributed by atoms with Crippen LogP contribution in [0.1, 0.15) is 49.0 Å². The molecule has 1 aliphatic heterocycles. The number of likely N-dealkylation sites (tertiary alicyclic amines) is 1. The van der Waals surface area contributed by atoms with E-state index in [4.69, 9.17) is 4.52 Å². The van der Waals surface area contributed by atoms with Gasteiger partial charge < -0.3 is 9.42 Å². The molecule has 3 aromatic rings. The summed E-state index contributed by atoms with van der Waals surface area (Å²) < 4.78 is 5.30. The molecule has 8 heteroatoms. The standard InChI is InChI=1S/C19H21N5O2S/c25-17(24-11-2-1-6-15(24)19-21-10-12-27-19)8-3-7-16-22-18(23-26-16)14-5-4-9-20-13-14/h4-5,9-10,12-13,15H,1-3,6-8,11H2/t15-/m0/s1. The number of aromatic nitrogens is 4. The molecule has 0 aliphatic carbocycles. The molecule has 0 unspecified atom stereocenters. The molecule has 27 heavy (non-hydrogen) atoms. The number of hydrogen-bond acceptors (Lipinski definition) is 7. The van der Waals surface area contributed by atoms with Gasteiger partial charge in [-0.3, -0.25) is 9.78 Å². The van der Waals surface area contributed by atoms with Crippen molar-refractivity contribution >= 4 is 17.2 Å². The molecular formula is C19H21N5O2S. The van der Waals surface area contributed by atoms with Crippen LogP contribution in [0.2, 0.25) is 0 Å². The fourth-order valence-corrected chi connectivity index (χ4v) is 4.17. The number of thiazole rings is 1. The first kappa shape index (κ1) is 17.8. The summed E-state index contributed by atoms with van der Waals surface area (Å²) in [5, 5.41) is 7.01. The topological polar surface area (TPSA) is 85.0 Å². The molecule has 1 amide bonds. The second kappa shape index (κ2) is 8.39. The van der Waals surface area contributed by atoms with E-state index in [1.54, 1.807) is 23.7 Å². The summed E-state index contributed by atoms with van der Waals surface area (Å²) in [7, 11) is 0. The maximum Gasteiger partial charge on any atom is 0.226 e. The lowest BCUT2D eigenvalue weighted by Gasteiger charge is -2.34. The smallest absolute Gasteiger partial charge is 0.226 e. The minimum absolute atomic E-state index is 0.131. The van der Waals surface area contributed by atoms with Gasteiger partial charge in [0.2, 0.25) is 17.6 Å². The highest BCUT2D eigenvalue weighted by atomic mass is 32.1. The molecule has 0 N–H and O–H groups in total. The van der Waals surface area contributed by atoms with Gasteiger partial charge in [0.05, 0.1) is 6.04 Å². The summed E-state index contributed by atoms with van der Waals surface area (Å²) in [6, 6.07) is 3.86. The van der Waals surface area contributed by atoms with E-state index in [2.05, 4.69) is 20.1 Å². The Morgan fingerprint density at radius 2 is 2.30 bits per heavy atom. The van der Waals surface area contributed by atoms with Crippen LogP contribution >= 0.6 is 11.3 Å². The van der Waals surface area contributed by atoms with E-state index in [0.29, 0.717) is 31.0 Å². The number of amides is 1. The minimum Gasteiger partial charge on any atom is -0.339 e. The molecule has 0 bridgehead atoms. The lowest BCUT2D eigenvalue weighted by Crippen LogP contribution is -2.38. The molecule has 0 radical (unpaired) electrons. The van der Waals surface area contributed by atoms with Gasteiger partial charge >= 0.3 is 0 Å². The Kier molecular flexibility index (Phi) is 5.53. The molecule has 0 aromatic carbocycles. The number of carbonyl (C=O) groups is 1. The number of carbonyl (C=O) groups excluding carboxylic acids is 1. The Bertz CT molecular complexity index is 865. The predicted octanol–water partition coefficient (Wildman–Crippen LogP) is 3.66. The summed E-state index contributed by atoms with van der Waals surface area (Å²) in [5.74, 6) is 1.27. The van der Waals surface area contributed by atoms with Crippen molar-refractivity contribution in [1.82, 2.24) is 25.0 Å². The molecule has 140 valence electrons. The van der Waals surface area contributed by atoms with Crippen LogP contribution < -0.4 is 0 Å². The molecule has 1 fully saturated rings. The van der Waals surface area contributed by atoms with Crippen molar-refractivity contribution in [3.05, 3.63) is 47.0 Å². The molecule has 4 heterocycles. The molecule has 1 saturated heterocycles. The van der Waals surface area contributed by atoms with Gasteiger partial charge in [-0.05, 0) is 37.8 Å². The monoisotopic (exact) mass is 383 g/mol. The summed E-state index contributed by atoms with van der Waals surface area (Å²) >= 11 is 1.63. The van der Waals surface area contributed by atoms with E-state index in [9.17, 15) is 4.79 Å². The van der Waals surface area contributed by atoms with Gasteiger partial charge in [-0.1, -0.05) is 5.16 Å². The van der Waals surface area contributed by atoms with E-state index in [-0.39, 0.29) is 11.9 Å². The maximum atomic E-state index is 12.7. The van der Waals surface area contributed by atoms with Crippen LogP contribution in [-0.4, -0.2) is 37.5 Å². The van der Waals surface area contributed by atoms with Crippen molar-refractivity contribution in [2.45, 2.75) is 44.6 Å². The third kappa shape index (κ3) is 4.21. The molecule has 1 atom stereocenters. The van der Waals surface area contributed by atoms with E-state index in [0.717, 1.165) is 36.4 Å². The maximum absolute atomic E-state index is 12.7. The zero-order chi connectivity index (χ0) is 18.5. The minimum atomic E-state index is 0.131. The Morgan fingerprint density at radius 3 is 3.11 bits per heavy atom. The van der Waals surface area contributed by atoms with E-state index >= 15 is 0 Å². The van der Waals surface area contributed by atoms with Crippen molar-refractivity contribution in [3.63, 3.8) is 0 Å². The second-order valence-corrected chi connectivity index (χ2v) is 7.50. The normalized spacial score (nSPS) is 17.2. The Labute approximate surface area is 161 Å². The number of aryl methyl sites for hydroxylation is 1. The fourth-order valence-electron chi connectivity index (χ4n) is 3.39. The van der Waals surface area contributed by atoms with Crippen molar-refractivity contribution in [1.29, 1.82) is 0 Å². The molecule has 1 aliphatic rings. The van der Waals surface area contributed by atoms with Gasteiger partial charge in [-0.25, -0.2) is 4.98 Å². The number of pyridine rings is 1. The van der Waals surface area contributed by atoms with Crippen molar-refractivity contribution in [2.24, 2.45) is 0 Å². The van der Waals surface area contributed by atoms with Crippen LogP contribution in [-0.2, 0) is 11.2 Å². The number of rotatable bonds is 6. The average Bonchev–Trinajstić information content (AvgIpc) is 3.41. The third-order valence-electron chi connectivity index (χ3n) is 4.73. The quantitative estimate of drug-likeness (QED) is 0.646. The molecule has 0 saturated carbocycles. The summed E-state index contributed by atoms with van der Waals surface area (Å²) in [5.41, 5.74) is 0.822. The van der Waals surface area contributed by atoms with Crippen LogP contribution in [0.15, 0.2) is 40.6 Å². The van der Waals surface area contributed by atoms with Crippen LogP contribution in [0, 0.1) is 0 Å². The Morgan fingerprint density at radius 1 is 1.33 bits per heavy atom. The van der Waals surface area contributed by atoms with Crippen molar-refractivity contribution < 1.29 is 9.32 Å². The first-order chi connectivity index (χ1) is 13.3. The molecule has 3 aromatic heterocycles. The number of hydrogen-bond donors (Lipinski definition) is 0. The highest BCUT2D eigenvalue weighted by molar-refractivity contribution is 7.09. The highest BCUT2D eigenvalue weighted by Gasteiger charge is 2.29. The third-order valence-corrected chi connectivity index (χ3v) is 5.61. The van der Waals surface area contributed by atoms with Crippen LogP contribution in [0.4, 0.5) is 0 Å². The zero-order valence-corrected chi connectivity index (χ0v) is 15.8. The lowest BCUT2D eigenvalue weighted by atomic mass is 10.0. The SMILES string of the molecule is O=C(CCCc1nc(-c2cccnc2)no1)N1CCCC[C@H]1c1nccs1. The summed E-state index contributed by atoms with van der Waals surface area (Å²) in [6.07, 6.45) is 10.2. The van der Waals surface area contributed by atoms with E-state index < -0.39 is 0 Å². The number of piperidine rings is 1. The molecule has 0 spiro atoms. The predicted molar refractivity (Wildman–Crippen MR) is 101 cm³/mol. The van der Waals surface area contributed by atoms with Crippen LogP contribution in [0.5, 0.6) is 0 Å². The molecule has 7 nitrogen and oxygen atoms in total. The van der Waals surface area contributed by atoms with Crippen molar-refractivity contribution in [2.75, 3.05) is 6.54 Å². The molecule has 4 rings (SSSR count). The lowest BCUT2D eigenvalue weighted by molar-refractivity contribution is -0.135. The first-order valence-electron chi connectivity index (χ1n) is 9.23. The highest BCUT2D eigenvalue weighted by Crippen LogP contribution is 2.32. The van der Waals surface area contributed by atoms with Gasteiger partial charge in [0.1, 0.15) is 5.01 Å². The van der Waals surface area contributed by atoms with Crippen LogP contribution in [0.3, 0.4) is 0 Å². The second-order valence-electron chi connectivity index (χ2n) is 6.58. The van der Waals surface area contributed by atoms with Gasteiger partial charge in [-0.2, -0.15) is 4.98 Å². The van der Waals surface area contributed by atoms with Crippen molar-refractivity contribution in [3.8, 4) is 11.4 Å². The Hall–Kier alpha value is -2.61.